The fourth-order valence-electron chi connectivity index (χ4n) is 5.75. The molecule has 0 aromatic heterocycles. The molecular weight excluding hydrogens is 422 g/mol. The third-order valence-corrected chi connectivity index (χ3v) is 7.81. The van der Waals surface area contributed by atoms with Gasteiger partial charge >= 0.3 is 0 Å². The Morgan fingerprint density at radius 3 is 2.25 bits per heavy atom. The molecule has 1 N–H and O–H groups in total. The van der Waals surface area contributed by atoms with Crippen LogP contribution in [0.1, 0.15) is 57.5 Å². The van der Waals surface area contributed by atoms with Crippen molar-refractivity contribution in [3.63, 3.8) is 0 Å². The van der Waals surface area contributed by atoms with E-state index in [1.54, 1.807) is 0 Å². The minimum Gasteiger partial charge on any atom is -0.352 e. The number of amides is 2. The summed E-state index contributed by atoms with van der Waals surface area (Å²) in [6.45, 7) is 3.71. The highest BCUT2D eigenvalue weighted by atomic mass is 35.5. The lowest BCUT2D eigenvalue weighted by molar-refractivity contribution is 0.0646. The maximum absolute atomic E-state index is 13.3. The highest BCUT2D eigenvalue weighted by Gasteiger charge is 2.37. The number of likely N-dealkylation sites (tertiary alicyclic amines) is 1. The van der Waals surface area contributed by atoms with E-state index in [0.717, 1.165) is 78.3 Å². The van der Waals surface area contributed by atoms with Crippen LogP contribution in [-0.4, -0.2) is 59.9 Å². The molecule has 32 heavy (non-hydrogen) atoms. The van der Waals surface area contributed by atoms with E-state index in [9.17, 15) is 9.59 Å². The van der Waals surface area contributed by atoms with Crippen molar-refractivity contribution in [1.29, 1.82) is 0 Å². The number of nitrogens with one attached hydrogen (secondary N) is 1. The summed E-state index contributed by atoms with van der Waals surface area (Å²) in [6, 6.07) is 13.5. The largest absolute Gasteiger partial charge is 0.352 e. The van der Waals surface area contributed by atoms with E-state index in [1.165, 1.54) is 19.3 Å². The van der Waals surface area contributed by atoms with E-state index in [2.05, 4.69) is 33.3 Å². The summed E-state index contributed by atoms with van der Waals surface area (Å²) in [7, 11) is 0. The lowest BCUT2D eigenvalue weighted by Gasteiger charge is -2.37. The van der Waals surface area contributed by atoms with E-state index in [-0.39, 0.29) is 24.2 Å². The predicted octanol–water partition coefficient (Wildman–Crippen LogP) is 3.69. The van der Waals surface area contributed by atoms with Crippen molar-refractivity contribution >= 4 is 24.2 Å². The maximum Gasteiger partial charge on any atom is 0.254 e. The van der Waals surface area contributed by atoms with Crippen molar-refractivity contribution < 1.29 is 9.59 Å². The van der Waals surface area contributed by atoms with Crippen molar-refractivity contribution in [1.82, 2.24) is 15.1 Å². The number of rotatable bonds is 3. The second-order valence-electron chi connectivity index (χ2n) is 9.52. The Morgan fingerprint density at radius 2 is 1.53 bits per heavy atom. The highest BCUT2D eigenvalue weighted by Crippen LogP contribution is 2.33. The van der Waals surface area contributed by atoms with Gasteiger partial charge in [0, 0.05) is 49.4 Å². The van der Waals surface area contributed by atoms with Crippen LogP contribution in [0, 0.1) is 0 Å². The molecule has 2 fully saturated rings. The summed E-state index contributed by atoms with van der Waals surface area (Å²) in [4.78, 5) is 30.1. The van der Waals surface area contributed by atoms with E-state index in [1.807, 2.05) is 18.2 Å². The van der Waals surface area contributed by atoms with Gasteiger partial charge in [-0.25, -0.2) is 0 Å². The molecule has 3 heterocycles. The van der Waals surface area contributed by atoms with Gasteiger partial charge in [0.25, 0.3) is 11.8 Å². The third kappa shape index (κ3) is 3.61. The van der Waals surface area contributed by atoms with Crippen LogP contribution in [0.15, 0.2) is 36.4 Å². The molecule has 3 aliphatic heterocycles. The second kappa shape index (κ2) is 8.53. The van der Waals surface area contributed by atoms with E-state index in [4.69, 9.17) is 0 Å². The predicted molar refractivity (Wildman–Crippen MR) is 128 cm³/mol. The molecule has 0 unspecified atom stereocenters. The topological polar surface area (TPSA) is 52.7 Å². The first-order valence-corrected chi connectivity index (χ1v) is 11.8. The van der Waals surface area contributed by atoms with Gasteiger partial charge in [-0.15, -0.1) is 12.4 Å². The Hall–Kier alpha value is -2.37. The summed E-state index contributed by atoms with van der Waals surface area (Å²) in [5.41, 5.74) is 6.17. The highest BCUT2D eigenvalue weighted by molar-refractivity contribution is 5.98. The zero-order valence-corrected chi connectivity index (χ0v) is 19.1. The van der Waals surface area contributed by atoms with Gasteiger partial charge < -0.3 is 10.2 Å². The maximum atomic E-state index is 13.3. The average Bonchev–Trinajstić information content (AvgIpc) is 3.21. The Balaban J connectivity index is 0.00000216. The number of halogens is 1. The van der Waals surface area contributed by atoms with Crippen molar-refractivity contribution in [2.24, 2.45) is 0 Å². The van der Waals surface area contributed by atoms with Crippen LogP contribution in [0.3, 0.4) is 0 Å². The zero-order valence-electron chi connectivity index (χ0n) is 18.3. The van der Waals surface area contributed by atoms with Gasteiger partial charge in [-0.1, -0.05) is 30.7 Å². The van der Waals surface area contributed by atoms with Crippen LogP contribution in [0.4, 0.5) is 0 Å². The van der Waals surface area contributed by atoms with Crippen LogP contribution in [0.2, 0.25) is 0 Å². The van der Waals surface area contributed by atoms with Gasteiger partial charge in [-0.2, -0.15) is 0 Å². The number of carbonyl (C=O) groups is 2. The molecule has 2 aromatic carbocycles. The molecule has 0 bridgehead atoms. The van der Waals surface area contributed by atoms with E-state index < -0.39 is 0 Å². The minimum atomic E-state index is 0. The first kappa shape index (κ1) is 21.5. The molecular formula is C26H30ClN3O2. The van der Waals surface area contributed by atoms with Gasteiger partial charge in [0.1, 0.15) is 0 Å². The quantitative estimate of drug-likeness (QED) is 0.774. The molecule has 2 aromatic rings. The third-order valence-electron chi connectivity index (χ3n) is 7.81. The molecule has 2 amide bonds. The van der Waals surface area contributed by atoms with Gasteiger partial charge in [0.15, 0.2) is 0 Å². The molecule has 0 radical (unpaired) electrons. The first-order chi connectivity index (χ1) is 15.2. The van der Waals surface area contributed by atoms with Crippen molar-refractivity contribution in [2.45, 2.75) is 50.6 Å². The van der Waals surface area contributed by atoms with Crippen LogP contribution in [0.5, 0.6) is 0 Å². The van der Waals surface area contributed by atoms with E-state index >= 15 is 0 Å². The number of benzene rings is 2. The monoisotopic (exact) mass is 451 g/mol. The molecule has 0 spiro atoms. The molecule has 1 aliphatic carbocycles. The zero-order chi connectivity index (χ0) is 20.9. The summed E-state index contributed by atoms with van der Waals surface area (Å²) >= 11 is 0. The lowest BCUT2D eigenvalue weighted by atomic mass is 9.91. The second-order valence-corrected chi connectivity index (χ2v) is 9.52. The summed E-state index contributed by atoms with van der Waals surface area (Å²) in [5, 5.41) is 2.90. The Morgan fingerprint density at radius 1 is 0.812 bits per heavy atom. The SMILES string of the molecule is Cl.O=C1NCCc2cc(-c3ccc4c(c3)CCN([C@@H]3CCN(C5CCC5)C3)C4=O)ccc21. The van der Waals surface area contributed by atoms with Crippen LogP contribution in [-0.2, 0) is 12.8 Å². The number of hydrogen-bond acceptors (Lipinski definition) is 3. The molecule has 6 heteroatoms. The standard InChI is InChI=1S/C26H29N3O2.ClH/c30-25-23-6-4-17(14-19(23)8-11-27-25)18-5-7-24-20(15-18)9-13-29(26(24)31)22-10-12-28(16-22)21-2-1-3-21;/h4-7,14-15,21-22H,1-3,8-13,16H2,(H,27,30);1H/t22-;/m1./s1. The summed E-state index contributed by atoms with van der Waals surface area (Å²) in [5.74, 6) is 0.224. The van der Waals surface area contributed by atoms with Gasteiger partial charge in [0.2, 0.25) is 0 Å². The van der Waals surface area contributed by atoms with Crippen LogP contribution < -0.4 is 5.32 Å². The van der Waals surface area contributed by atoms with Gasteiger partial charge in [-0.05, 0) is 66.5 Å². The van der Waals surface area contributed by atoms with Crippen LogP contribution >= 0.6 is 12.4 Å². The molecule has 5 nitrogen and oxygen atoms in total. The lowest BCUT2D eigenvalue weighted by Crippen LogP contribution is -2.47. The molecule has 1 saturated carbocycles. The molecule has 1 saturated heterocycles. The summed E-state index contributed by atoms with van der Waals surface area (Å²) < 4.78 is 0. The molecule has 4 aliphatic rings. The van der Waals surface area contributed by atoms with Gasteiger partial charge in [0.05, 0.1) is 0 Å². The Labute approximate surface area is 195 Å². The average molecular weight is 452 g/mol. The van der Waals surface area contributed by atoms with Crippen molar-refractivity contribution in [3.05, 3.63) is 58.7 Å². The minimum absolute atomic E-state index is 0. The summed E-state index contributed by atoms with van der Waals surface area (Å²) in [6.07, 6.45) is 6.92. The number of fused-ring (bicyclic) bond motifs is 2. The fourth-order valence-corrected chi connectivity index (χ4v) is 5.75. The number of hydrogen-bond donors (Lipinski definition) is 1. The first-order valence-electron chi connectivity index (χ1n) is 11.8. The molecule has 168 valence electrons. The number of carbonyl (C=O) groups excluding carboxylic acids is 2. The van der Waals surface area contributed by atoms with Crippen molar-refractivity contribution in [2.75, 3.05) is 26.2 Å². The molecule has 6 rings (SSSR count). The smallest absolute Gasteiger partial charge is 0.254 e. The van der Waals surface area contributed by atoms with E-state index in [0.29, 0.717) is 12.6 Å². The Bertz CT molecular complexity index is 1070. The number of nitrogens with zero attached hydrogens (tertiary/aromatic N) is 2. The normalized spacial score (nSPS) is 23.1. The van der Waals surface area contributed by atoms with Gasteiger partial charge in [-0.3, -0.25) is 14.5 Å². The van der Waals surface area contributed by atoms with Crippen LogP contribution in [0.25, 0.3) is 11.1 Å². The van der Waals surface area contributed by atoms with Crippen molar-refractivity contribution in [3.8, 4) is 11.1 Å². The molecule has 1 atom stereocenters. The fraction of sp³-hybridized carbons (Fsp3) is 0.462. The Kier molecular flexibility index (Phi) is 5.72.